The summed E-state index contributed by atoms with van der Waals surface area (Å²) in [6, 6.07) is 0. The van der Waals surface area contributed by atoms with Gasteiger partial charge in [0, 0.05) is 13.8 Å². The molecule has 0 amide bonds. The van der Waals surface area contributed by atoms with E-state index in [1.807, 2.05) is 0 Å². The lowest BCUT2D eigenvalue weighted by Crippen LogP contribution is -2.32. The number of carbonyl (C=O) groups is 2. The minimum absolute atomic E-state index is 0.0300. The van der Waals surface area contributed by atoms with Crippen LogP contribution in [0.15, 0.2) is 4.79 Å². The highest BCUT2D eigenvalue weighted by Gasteiger charge is 2.24. The third kappa shape index (κ3) is 7.01. The zero-order valence-corrected chi connectivity index (χ0v) is 18.7. The van der Waals surface area contributed by atoms with Gasteiger partial charge in [-0.2, -0.15) is 10.1 Å². The number of rotatable bonds is 9. The highest BCUT2D eigenvalue weighted by atomic mass is 16.5. The standard InChI is InChI=1S/C20H27N5O8/c1-10(27)16(7-26)33-11(2)25-18-17(19(30)23-20(21)22-18)15(24-25)6-5-14(8-31-12(3)28)9-32-13(4)29/h10-11,14,16,26-27H,7-9H2,1-4H3,(H3,21,22,23,30)/t10?,11?,16-/m1/s1. The molecule has 5 N–H and O–H groups in total. The number of H-pyrrole nitrogens is 1. The summed E-state index contributed by atoms with van der Waals surface area (Å²) in [6.07, 6.45) is -2.74. The number of aliphatic hydroxyl groups excluding tert-OH is 2. The molecule has 180 valence electrons. The molecule has 0 bridgehead atoms. The van der Waals surface area contributed by atoms with Crippen LogP contribution >= 0.6 is 0 Å². The smallest absolute Gasteiger partial charge is 0.302 e. The number of anilines is 1. The molecule has 0 saturated heterocycles. The fourth-order valence-corrected chi connectivity index (χ4v) is 2.76. The minimum atomic E-state index is -0.969. The van der Waals surface area contributed by atoms with E-state index in [2.05, 4.69) is 26.9 Å². The maximum absolute atomic E-state index is 12.6. The van der Waals surface area contributed by atoms with Crippen LogP contribution in [0.3, 0.4) is 0 Å². The average molecular weight is 465 g/mol. The number of nitrogens with one attached hydrogen (secondary N) is 1. The number of carbonyl (C=O) groups excluding carboxylic acids is 2. The third-order valence-corrected chi connectivity index (χ3v) is 4.38. The lowest BCUT2D eigenvalue weighted by atomic mass is 10.1. The van der Waals surface area contributed by atoms with E-state index in [4.69, 9.17) is 19.9 Å². The number of nitrogens with zero attached hydrogens (tertiary/aromatic N) is 3. The van der Waals surface area contributed by atoms with Crippen LogP contribution in [-0.4, -0.2) is 73.9 Å². The summed E-state index contributed by atoms with van der Waals surface area (Å²) in [5, 5.41) is 23.5. The molecule has 2 unspecified atom stereocenters. The SMILES string of the molecule is CC(=O)OCC(C#Cc1nn(C(C)O[C@H](CO)C(C)O)c2nc(N)[nH]c(=O)c12)COC(C)=O. The van der Waals surface area contributed by atoms with Gasteiger partial charge >= 0.3 is 11.9 Å². The van der Waals surface area contributed by atoms with Crippen molar-refractivity contribution in [1.82, 2.24) is 19.7 Å². The number of esters is 2. The number of aromatic amines is 1. The first-order chi connectivity index (χ1) is 15.5. The number of nitrogens with two attached hydrogens (primary N) is 1. The first-order valence-corrected chi connectivity index (χ1v) is 10.0. The molecule has 0 fully saturated rings. The molecular formula is C20H27N5O8. The van der Waals surface area contributed by atoms with E-state index >= 15 is 0 Å². The van der Waals surface area contributed by atoms with Gasteiger partial charge in [0.25, 0.3) is 5.56 Å². The second-order valence-electron chi connectivity index (χ2n) is 7.21. The van der Waals surface area contributed by atoms with Crippen LogP contribution in [0.2, 0.25) is 0 Å². The van der Waals surface area contributed by atoms with Crippen molar-refractivity contribution >= 4 is 28.9 Å². The average Bonchev–Trinajstić information content (AvgIpc) is 3.09. The number of nitrogen functional groups attached to an aromatic ring is 1. The van der Waals surface area contributed by atoms with E-state index in [9.17, 15) is 24.6 Å². The summed E-state index contributed by atoms with van der Waals surface area (Å²) >= 11 is 0. The Morgan fingerprint density at radius 2 is 1.82 bits per heavy atom. The van der Waals surface area contributed by atoms with Crippen molar-refractivity contribution < 1.29 is 34.0 Å². The maximum atomic E-state index is 12.6. The van der Waals surface area contributed by atoms with Gasteiger partial charge in [0.2, 0.25) is 5.95 Å². The van der Waals surface area contributed by atoms with Gasteiger partial charge in [-0.05, 0) is 19.8 Å². The Hall–Kier alpha value is -3.47. The van der Waals surface area contributed by atoms with Crippen molar-refractivity contribution in [2.75, 3.05) is 25.6 Å². The number of hydrogen-bond donors (Lipinski definition) is 4. The molecule has 2 rings (SSSR count). The molecule has 13 heteroatoms. The molecule has 0 aliphatic rings. The lowest BCUT2D eigenvalue weighted by molar-refractivity contribution is -0.144. The molecule has 0 spiro atoms. The van der Waals surface area contributed by atoms with Crippen molar-refractivity contribution in [2.24, 2.45) is 5.92 Å². The van der Waals surface area contributed by atoms with Crippen molar-refractivity contribution in [3.05, 3.63) is 16.0 Å². The molecule has 33 heavy (non-hydrogen) atoms. The molecule has 0 aliphatic heterocycles. The molecular weight excluding hydrogens is 438 g/mol. The first kappa shape index (κ1) is 25.8. The molecule has 2 aromatic rings. The monoisotopic (exact) mass is 465 g/mol. The Balaban J connectivity index is 2.49. The summed E-state index contributed by atoms with van der Waals surface area (Å²) in [5.41, 5.74) is 5.19. The van der Waals surface area contributed by atoms with Crippen LogP contribution in [0.4, 0.5) is 5.95 Å². The maximum Gasteiger partial charge on any atom is 0.302 e. The van der Waals surface area contributed by atoms with Crippen LogP contribution in [0.1, 0.15) is 39.6 Å². The molecule has 2 heterocycles. The van der Waals surface area contributed by atoms with Crippen LogP contribution in [0, 0.1) is 17.8 Å². The largest absolute Gasteiger partial charge is 0.464 e. The topological polar surface area (TPSA) is 192 Å². The van der Waals surface area contributed by atoms with Gasteiger partial charge in [-0.3, -0.25) is 19.4 Å². The van der Waals surface area contributed by atoms with Crippen LogP contribution < -0.4 is 11.3 Å². The molecule has 3 atom stereocenters. The Morgan fingerprint density at radius 1 is 1.21 bits per heavy atom. The first-order valence-electron chi connectivity index (χ1n) is 10.0. The zero-order valence-electron chi connectivity index (χ0n) is 18.7. The van der Waals surface area contributed by atoms with Gasteiger partial charge < -0.3 is 30.2 Å². The number of aliphatic hydroxyl groups is 2. The number of fused-ring (bicyclic) bond motifs is 1. The second kappa shape index (κ2) is 11.4. The Bertz CT molecular complexity index is 1100. The fraction of sp³-hybridized carbons (Fsp3) is 0.550. The lowest BCUT2D eigenvalue weighted by Gasteiger charge is -2.23. The Kier molecular flexibility index (Phi) is 8.92. The minimum Gasteiger partial charge on any atom is -0.464 e. The summed E-state index contributed by atoms with van der Waals surface area (Å²) in [6.45, 7) is 4.78. The Labute approximate surface area is 188 Å². The van der Waals surface area contributed by atoms with E-state index in [1.165, 1.54) is 25.5 Å². The van der Waals surface area contributed by atoms with Gasteiger partial charge in [0.15, 0.2) is 11.3 Å². The van der Waals surface area contributed by atoms with Crippen molar-refractivity contribution in [3.63, 3.8) is 0 Å². The number of ether oxygens (including phenoxy) is 3. The van der Waals surface area contributed by atoms with Crippen LogP contribution in [0.5, 0.6) is 0 Å². The highest BCUT2D eigenvalue weighted by Crippen LogP contribution is 2.20. The van der Waals surface area contributed by atoms with Gasteiger partial charge in [-0.15, -0.1) is 0 Å². The third-order valence-electron chi connectivity index (χ3n) is 4.38. The fourth-order valence-electron chi connectivity index (χ4n) is 2.76. The predicted octanol–water partition coefficient (Wildman–Crippen LogP) is -0.927. The highest BCUT2D eigenvalue weighted by molar-refractivity contribution is 5.81. The van der Waals surface area contributed by atoms with E-state index in [1.54, 1.807) is 6.92 Å². The summed E-state index contributed by atoms with van der Waals surface area (Å²) in [5.74, 6) is 3.64. The van der Waals surface area contributed by atoms with Gasteiger partial charge in [-0.25, -0.2) is 4.68 Å². The normalized spacial score (nSPS) is 13.8. The molecule has 13 nitrogen and oxygen atoms in total. The number of hydrogen-bond acceptors (Lipinski definition) is 11. The van der Waals surface area contributed by atoms with Crippen molar-refractivity contribution in [1.29, 1.82) is 0 Å². The summed E-state index contributed by atoms with van der Waals surface area (Å²) in [4.78, 5) is 41.3. The molecule has 0 aliphatic carbocycles. The van der Waals surface area contributed by atoms with Gasteiger partial charge in [-0.1, -0.05) is 5.92 Å². The van der Waals surface area contributed by atoms with E-state index in [0.717, 1.165) is 0 Å². The molecule has 2 aromatic heterocycles. The Morgan fingerprint density at radius 3 is 2.33 bits per heavy atom. The summed E-state index contributed by atoms with van der Waals surface area (Å²) < 4.78 is 16.8. The van der Waals surface area contributed by atoms with E-state index in [-0.39, 0.29) is 35.9 Å². The van der Waals surface area contributed by atoms with Gasteiger partial charge in [0.05, 0.1) is 18.6 Å². The summed E-state index contributed by atoms with van der Waals surface area (Å²) in [7, 11) is 0. The predicted molar refractivity (Wildman–Crippen MR) is 115 cm³/mol. The van der Waals surface area contributed by atoms with Crippen molar-refractivity contribution in [3.8, 4) is 11.8 Å². The van der Waals surface area contributed by atoms with Gasteiger partial charge in [0.1, 0.15) is 30.9 Å². The van der Waals surface area contributed by atoms with Crippen LogP contribution in [0.25, 0.3) is 11.0 Å². The van der Waals surface area contributed by atoms with Crippen LogP contribution in [-0.2, 0) is 23.8 Å². The zero-order chi connectivity index (χ0) is 24.7. The van der Waals surface area contributed by atoms with E-state index < -0.39 is 48.5 Å². The van der Waals surface area contributed by atoms with E-state index in [0.29, 0.717) is 0 Å². The second-order valence-corrected chi connectivity index (χ2v) is 7.21. The number of aromatic nitrogens is 4. The van der Waals surface area contributed by atoms with Crippen molar-refractivity contribution in [2.45, 2.75) is 46.1 Å². The quantitative estimate of drug-likeness (QED) is 0.264. The molecule has 0 saturated carbocycles. The molecule has 0 radical (unpaired) electrons. The molecule has 0 aromatic carbocycles.